The molecule has 1 saturated carbocycles. The maximum atomic E-state index is 12.6. The third-order valence-corrected chi connectivity index (χ3v) is 7.46. The molecule has 0 bridgehead atoms. The Bertz CT molecular complexity index is 919. The van der Waals surface area contributed by atoms with E-state index in [1.54, 1.807) is 18.2 Å². The van der Waals surface area contributed by atoms with Crippen molar-refractivity contribution in [3.8, 4) is 0 Å². The zero-order chi connectivity index (χ0) is 22.3. The standard InChI is InChI=1S/C19H28N6OS.C4H8O/c1-13-4-3-5-16(13)25-17(26)7-6-14-12-21-19(23-18(14)25)22-15-8-10-24(11-9-15)27-20-2;1-2-4-5-3-1/h6-7,12-13,15-16,20H,3-5,8-11H2,1-2H3,(H,21,22,23);1-4H2. The van der Waals surface area contributed by atoms with Crippen molar-refractivity contribution < 1.29 is 4.74 Å². The van der Waals surface area contributed by atoms with Gasteiger partial charge in [-0.1, -0.05) is 13.3 Å². The molecular formula is C23H36N6O2S. The number of rotatable bonds is 5. The first-order chi connectivity index (χ1) is 15.7. The summed E-state index contributed by atoms with van der Waals surface area (Å²) < 4.78 is 12.3. The van der Waals surface area contributed by atoms with Crippen molar-refractivity contribution in [3.63, 3.8) is 0 Å². The van der Waals surface area contributed by atoms with Crippen LogP contribution in [-0.4, -0.2) is 58.2 Å². The van der Waals surface area contributed by atoms with Gasteiger partial charge in [0.2, 0.25) is 5.95 Å². The molecule has 4 heterocycles. The van der Waals surface area contributed by atoms with Crippen LogP contribution in [0.2, 0.25) is 0 Å². The van der Waals surface area contributed by atoms with Gasteiger partial charge in [0.25, 0.3) is 5.56 Å². The van der Waals surface area contributed by atoms with Gasteiger partial charge in [0.1, 0.15) is 5.65 Å². The Morgan fingerprint density at radius 3 is 2.50 bits per heavy atom. The van der Waals surface area contributed by atoms with Crippen LogP contribution in [0.15, 0.2) is 23.1 Å². The molecule has 2 N–H and O–H groups in total. The normalized spacial score (nSPS) is 24.4. The van der Waals surface area contributed by atoms with Crippen molar-refractivity contribution in [2.45, 2.75) is 64.0 Å². The molecular weight excluding hydrogens is 424 g/mol. The lowest BCUT2D eigenvalue weighted by molar-refractivity contribution is 0.198. The third kappa shape index (κ3) is 5.81. The van der Waals surface area contributed by atoms with Gasteiger partial charge in [0.05, 0.1) is 0 Å². The zero-order valence-corrected chi connectivity index (χ0v) is 20.1. The minimum absolute atomic E-state index is 0.0447. The fourth-order valence-corrected chi connectivity index (χ4v) is 5.50. The lowest BCUT2D eigenvalue weighted by Gasteiger charge is -2.30. The highest BCUT2D eigenvalue weighted by Gasteiger charge is 2.27. The Kier molecular flexibility index (Phi) is 8.40. The van der Waals surface area contributed by atoms with E-state index >= 15 is 0 Å². The van der Waals surface area contributed by atoms with Crippen molar-refractivity contribution in [2.24, 2.45) is 5.92 Å². The van der Waals surface area contributed by atoms with Gasteiger partial charge in [-0.15, -0.1) is 0 Å². The molecule has 0 spiro atoms. The molecule has 5 rings (SSSR count). The Morgan fingerprint density at radius 1 is 1.09 bits per heavy atom. The van der Waals surface area contributed by atoms with Gasteiger partial charge < -0.3 is 10.1 Å². The highest BCUT2D eigenvalue weighted by atomic mass is 32.2. The molecule has 9 heteroatoms. The molecule has 0 amide bonds. The van der Waals surface area contributed by atoms with Gasteiger partial charge >= 0.3 is 0 Å². The number of nitrogens with one attached hydrogen (secondary N) is 2. The molecule has 8 nitrogen and oxygen atoms in total. The van der Waals surface area contributed by atoms with Crippen LogP contribution < -0.4 is 15.6 Å². The van der Waals surface area contributed by atoms with Gasteiger partial charge in [-0.25, -0.2) is 9.29 Å². The fraction of sp³-hybridized carbons (Fsp3) is 0.696. The summed E-state index contributed by atoms with van der Waals surface area (Å²) in [5.41, 5.74) is 0.810. The van der Waals surface area contributed by atoms with Crippen molar-refractivity contribution in [3.05, 3.63) is 28.7 Å². The summed E-state index contributed by atoms with van der Waals surface area (Å²) in [5.74, 6) is 1.14. The summed E-state index contributed by atoms with van der Waals surface area (Å²) in [6, 6.07) is 4.10. The predicted molar refractivity (Wildman–Crippen MR) is 131 cm³/mol. The third-order valence-electron chi connectivity index (χ3n) is 6.65. The summed E-state index contributed by atoms with van der Waals surface area (Å²) >= 11 is 1.67. The van der Waals surface area contributed by atoms with Crippen molar-refractivity contribution >= 4 is 29.1 Å². The second-order valence-corrected chi connectivity index (χ2v) is 10.1. The lowest BCUT2D eigenvalue weighted by Crippen LogP contribution is -2.37. The van der Waals surface area contributed by atoms with E-state index in [4.69, 9.17) is 9.72 Å². The van der Waals surface area contributed by atoms with Crippen LogP contribution in [0.5, 0.6) is 0 Å². The number of anilines is 1. The number of aromatic nitrogens is 3. The van der Waals surface area contributed by atoms with Crippen LogP contribution in [0.1, 0.15) is 57.9 Å². The van der Waals surface area contributed by atoms with Crippen LogP contribution in [-0.2, 0) is 4.74 Å². The molecule has 2 aromatic rings. The number of piperidine rings is 1. The molecule has 32 heavy (non-hydrogen) atoms. The molecule has 2 saturated heterocycles. The molecule has 0 aromatic carbocycles. The molecule has 0 radical (unpaired) electrons. The topological polar surface area (TPSA) is 84.3 Å². The largest absolute Gasteiger partial charge is 0.381 e. The van der Waals surface area contributed by atoms with Gasteiger partial charge in [-0.3, -0.25) is 14.1 Å². The Hall–Kier alpha value is -1.68. The minimum Gasteiger partial charge on any atom is -0.381 e. The van der Waals surface area contributed by atoms with Crippen LogP contribution in [0, 0.1) is 5.92 Å². The van der Waals surface area contributed by atoms with E-state index in [1.807, 2.05) is 23.9 Å². The van der Waals surface area contributed by atoms with E-state index in [0.29, 0.717) is 17.9 Å². The molecule has 1 aliphatic carbocycles. The Balaban J connectivity index is 0.000000433. The molecule has 2 aromatic heterocycles. The lowest BCUT2D eigenvalue weighted by atomic mass is 10.1. The monoisotopic (exact) mass is 460 g/mol. The highest BCUT2D eigenvalue weighted by molar-refractivity contribution is 7.95. The van der Waals surface area contributed by atoms with E-state index in [-0.39, 0.29) is 11.6 Å². The SMILES string of the molecule is C1CCOC1.CNSN1CCC(Nc2ncc3ccc(=O)n(C4CCCC4C)c3n2)CC1. The number of ether oxygens (including phenoxy) is 1. The van der Waals surface area contributed by atoms with E-state index in [0.717, 1.165) is 56.6 Å². The van der Waals surface area contributed by atoms with Crippen LogP contribution in [0.4, 0.5) is 5.95 Å². The molecule has 2 unspecified atom stereocenters. The summed E-state index contributed by atoms with van der Waals surface area (Å²) in [6.45, 7) is 6.29. The van der Waals surface area contributed by atoms with Crippen LogP contribution in [0.3, 0.4) is 0 Å². The smallest absolute Gasteiger partial charge is 0.252 e. The molecule has 3 aliphatic rings. The first-order valence-electron chi connectivity index (χ1n) is 12.0. The second-order valence-electron chi connectivity index (χ2n) is 8.95. The van der Waals surface area contributed by atoms with Crippen LogP contribution in [0.25, 0.3) is 11.0 Å². The average Bonchev–Trinajstić information content (AvgIpc) is 3.51. The minimum atomic E-state index is 0.0447. The first-order valence-corrected chi connectivity index (χ1v) is 12.7. The van der Waals surface area contributed by atoms with Crippen molar-refractivity contribution in [2.75, 3.05) is 38.7 Å². The molecule has 3 fully saturated rings. The van der Waals surface area contributed by atoms with Crippen molar-refractivity contribution in [1.29, 1.82) is 0 Å². The van der Waals surface area contributed by atoms with E-state index in [1.165, 1.54) is 25.7 Å². The first kappa shape index (κ1) is 23.5. The molecule has 176 valence electrons. The quantitative estimate of drug-likeness (QED) is 0.655. The Morgan fingerprint density at radius 2 is 1.88 bits per heavy atom. The van der Waals surface area contributed by atoms with Gasteiger partial charge in [0.15, 0.2) is 0 Å². The van der Waals surface area contributed by atoms with E-state index < -0.39 is 0 Å². The number of hydrogen-bond acceptors (Lipinski definition) is 8. The molecule has 2 atom stereocenters. The van der Waals surface area contributed by atoms with E-state index in [2.05, 4.69) is 26.3 Å². The predicted octanol–water partition coefficient (Wildman–Crippen LogP) is 3.61. The summed E-state index contributed by atoms with van der Waals surface area (Å²) in [6.07, 6.45) is 9.90. The highest BCUT2D eigenvalue weighted by Crippen LogP contribution is 2.35. The van der Waals surface area contributed by atoms with Gasteiger partial charge in [0, 0.05) is 68.2 Å². The summed E-state index contributed by atoms with van der Waals surface area (Å²) in [7, 11) is 1.95. The number of nitrogens with zero attached hydrogens (tertiary/aromatic N) is 4. The molecule has 2 aliphatic heterocycles. The maximum absolute atomic E-state index is 12.6. The van der Waals surface area contributed by atoms with Crippen molar-refractivity contribution in [1.82, 2.24) is 23.6 Å². The summed E-state index contributed by atoms with van der Waals surface area (Å²) in [4.78, 5) is 21.9. The number of hydrogen-bond donors (Lipinski definition) is 2. The zero-order valence-electron chi connectivity index (χ0n) is 19.3. The van der Waals surface area contributed by atoms with Gasteiger partial charge in [-0.05, 0) is 57.6 Å². The maximum Gasteiger partial charge on any atom is 0.252 e. The fourth-order valence-electron chi connectivity index (χ4n) is 4.85. The number of fused-ring (bicyclic) bond motifs is 1. The van der Waals surface area contributed by atoms with E-state index in [9.17, 15) is 4.79 Å². The Labute approximate surface area is 194 Å². The second kappa shape index (κ2) is 11.4. The van der Waals surface area contributed by atoms with Gasteiger partial charge in [-0.2, -0.15) is 4.98 Å². The summed E-state index contributed by atoms with van der Waals surface area (Å²) in [5, 5.41) is 4.42. The van der Waals surface area contributed by atoms with Crippen LogP contribution >= 0.6 is 12.1 Å². The number of pyridine rings is 1. The average molecular weight is 461 g/mol.